The molecule has 0 aromatic rings. The number of azo groups is 1. The van der Waals surface area contributed by atoms with Crippen LogP contribution >= 0.6 is 0 Å². The van der Waals surface area contributed by atoms with Crippen LogP contribution in [0.2, 0.25) is 0 Å². The van der Waals surface area contributed by atoms with E-state index in [2.05, 4.69) is 20.8 Å². The molecule has 6 heteroatoms. The lowest BCUT2D eigenvalue weighted by molar-refractivity contribution is 0.539. The molecule has 0 bridgehead atoms. The van der Waals surface area contributed by atoms with Gasteiger partial charge in [0.25, 0.3) is 0 Å². The topological polar surface area (TPSA) is 99.0 Å². The van der Waals surface area contributed by atoms with Crippen molar-refractivity contribution in [3.8, 4) is 0 Å². The summed E-state index contributed by atoms with van der Waals surface area (Å²) in [4.78, 5) is 0. The van der Waals surface area contributed by atoms with Crippen molar-refractivity contribution in [3.05, 3.63) is 0 Å². The molecule has 1 aliphatic rings. The van der Waals surface area contributed by atoms with Gasteiger partial charge in [-0.15, -0.1) is 0 Å². The van der Waals surface area contributed by atoms with Crippen molar-refractivity contribution in [3.63, 3.8) is 0 Å². The molecule has 1 heterocycles. The Balaban J connectivity index is 2.69. The van der Waals surface area contributed by atoms with Gasteiger partial charge in [-0.25, -0.2) is 0 Å². The minimum Gasteiger partial charge on any atom is -0.383 e. The van der Waals surface area contributed by atoms with E-state index in [0.717, 1.165) is 0 Å². The lowest BCUT2D eigenvalue weighted by atomic mass is 10.1. The number of hydrazone groups is 1. The predicted molar refractivity (Wildman–Crippen MR) is 50.9 cm³/mol. The summed E-state index contributed by atoms with van der Waals surface area (Å²) in [7, 11) is 0. The van der Waals surface area contributed by atoms with E-state index in [1.807, 2.05) is 20.8 Å². The van der Waals surface area contributed by atoms with Crippen molar-refractivity contribution in [2.45, 2.75) is 32.4 Å². The fourth-order valence-corrected chi connectivity index (χ4v) is 0.743. The van der Waals surface area contributed by atoms with Gasteiger partial charge in [0.1, 0.15) is 5.84 Å². The molecule has 0 saturated heterocycles. The summed E-state index contributed by atoms with van der Waals surface area (Å²) in [6.45, 7) is 5.78. The van der Waals surface area contributed by atoms with Gasteiger partial charge in [-0.2, -0.15) is 15.3 Å². The summed E-state index contributed by atoms with van der Waals surface area (Å²) >= 11 is 0. The molecule has 0 amide bonds. The first-order chi connectivity index (χ1) is 5.90. The van der Waals surface area contributed by atoms with E-state index >= 15 is 0 Å². The Kier molecular flexibility index (Phi) is 2.31. The first-order valence-corrected chi connectivity index (χ1v) is 4.00. The van der Waals surface area contributed by atoms with Gasteiger partial charge in [0.2, 0.25) is 0 Å². The highest BCUT2D eigenvalue weighted by Gasteiger charge is 2.24. The molecule has 0 spiro atoms. The lowest BCUT2D eigenvalue weighted by Gasteiger charge is -2.10. The third-order valence-electron chi connectivity index (χ3n) is 1.33. The molecular weight excluding hydrogens is 168 g/mol. The Hall–Kier alpha value is -1.46. The quantitative estimate of drug-likeness (QED) is 0.513. The van der Waals surface area contributed by atoms with E-state index < -0.39 is 6.04 Å². The Labute approximate surface area is 76.8 Å². The maximum Gasteiger partial charge on any atom is 0.188 e. The van der Waals surface area contributed by atoms with Crippen LogP contribution < -0.4 is 11.2 Å². The highest BCUT2D eigenvalue weighted by molar-refractivity contribution is 6.11. The molecule has 4 N–H and O–H groups in total. The van der Waals surface area contributed by atoms with Gasteiger partial charge in [0, 0.05) is 0 Å². The van der Waals surface area contributed by atoms with Crippen molar-refractivity contribution in [1.82, 2.24) is 5.43 Å². The number of nitrogens with two attached hydrogens (primary N) is 1. The van der Waals surface area contributed by atoms with Crippen LogP contribution in [0.5, 0.6) is 0 Å². The van der Waals surface area contributed by atoms with Crippen LogP contribution in [0.1, 0.15) is 20.8 Å². The summed E-state index contributed by atoms with van der Waals surface area (Å²) < 4.78 is 0. The van der Waals surface area contributed by atoms with E-state index in [1.165, 1.54) is 0 Å². The fraction of sp³-hybridized carbons (Fsp3) is 0.714. The van der Waals surface area contributed by atoms with E-state index in [0.29, 0.717) is 0 Å². The van der Waals surface area contributed by atoms with Crippen LogP contribution in [0.4, 0.5) is 0 Å². The van der Waals surface area contributed by atoms with Gasteiger partial charge in [-0.3, -0.25) is 10.8 Å². The fourth-order valence-electron chi connectivity index (χ4n) is 0.743. The van der Waals surface area contributed by atoms with Gasteiger partial charge >= 0.3 is 0 Å². The van der Waals surface area contributed by atoms with Crippen LogP contribution in [0, 0.1) is 5.41 Å². The van der Waals surface area contributed by atoms with Crippen molar-refractivity contribution in [2.75, 3.05) is 0 Å². The highest BCUT2D eigenvalue weighted by atomic mass is 15.4. The highest BCUT2D eigenvalue weighted by Crippen LogP contribution is 2.09. The zero-order chi connectivity index (χ0) is 10.1. The van der Waals surface area contributed by atoms with Gasteiger partial charge in [-0.05, 0) is 20.8 Å². The molecule has 1 atom stereocenters. The van der Waals surface area contributed by atoms with Crippen molar-refractivity contribution >= 4 is 11.7 Å². The van der Waals surface area contributed by atoms with E-state index in [4.69, 9.17) is 11.1 Å². The molecule has 0 radical (unpaired) electrons. The molecule has 13 heavy (non-hydrogen) atoms. The first kappa shape index (κ1) is 9.63. The predicted octanol–water partition coefficient (Wildman–Crippen LogP) is 0.458. The van der Waals surface area contributed by atoms with Gasteiger partial charge in [-0.1, -0.05) is 0 Å². The van der Waals surface area contributed by atoms with Crippen LogP contribution in [0.15, 0.2) is 15.3 Å². The second kappa shape index (κ2) is 3.12. The number of hydrogen-bond acceptors (Lipinski definition) is 5. The molecule has 1 rings (SSSR count). The second-order valence-electron chi connectivity index (χ2n) is 3.85. The molecule has 0 aliphatic carbocycles. The molecular formula is C7H14N6. The Morgan fingerprint density at radius 1 is 1.54 bits per heavy atom. The average Bonchev–Trinajstić information content (AvgIpc) is 2.27. The molecule has 0 aromatic carbocycles. The minimum absolute atomic E-state index is 0.172. The zero-order valence-corrected chi connectivity index (χ0v) is 8.00. The number of hydrogen-bond donors (Lipinski definition) is 3. The molecule has 0 aromatic heterocycles. The summed E-state index contributed by atoms with van der Waals surface area (Å²) in [5.74, 6) is 0.462. The monoisotopic (exact) mass is 182 g/mol. The summed E-state index contributed by atoms with van der Waals surface area (Å²) in [5, 5.41) is 19.0. The normalized spacial score (nSPS) is 23.5. The third kappa shape index (κ3) is 2.50. The van der Waals surface area contributed by atoms with E-state index in [1.54, 1.807) is 0 Å². The SMILES string of the molecule is CC(C)(C)N=NC1C(=N)NN=C1N. The zero-order valence-electron chi connectivity index (χ0n) is 8.00. The van der Waals surface area contributed by atoms with Crippen LogP contribution in [0.25, 0.3) is 0 Å². The third-order valence-corrected chi connectivity index (χ3v) is 1.33. The van der Waals surface area contributed by atoms with Gasteiger partial charge in [0.15, 0.2) is 11.9 Å². The smallest absolute Gasteiger partial charge is 0.188 e. The molecule has 6 nitrogen and oxygen atoms in total. The Morgan fingerprint density at radius 3 is 2.54 bits per heavy atom. The van der Waals surface area contributed by atoms with Crippen molar-refractivity contribution in [2.24, 2.45) is 21.1 Å². The van der Waals surface area contributed by atoms with Crippen molar-refractivity contribution < 1.29 is 0 Å². The second-order valence-corrected chi connectivity index (χ2v) is 3.85. The maximum absolute atomic E-state index is 7.38. The largest absolute Gasteiger partial charge is 0.383 e. The number of rotatable bonds is 1. The summed E-state index contributed by atoms with van der Waals surface area (Å²) in [6.07, 6.45) is 0. The van der Waals surface area contributed by atoms with Gasteiger partial charge in [0.05, 0.1) is 5.54 Å². The molecule has 1 aliphatic heterocycles. The molecule has 1 unspecified atom stereocenters. The minimum atomic E-state index is -0.528. The first-order valence-electron chi connectivity index (χ1n) is 4.00. The number of nitrogens with one attached hydrogen (secondary N) is 2. The summed E-state index contributed by atoms with van der Waals surface area (Å²) in [6, 6.07) is -0.528. The van der Waals surface area contributed by atoms with Crippen molar-refractivity contribution in [1.29, 1.82) is 5.41 Å². The standard InChI is InChI=1S/C7H14N6/c1-7(2,3)13-10-4-5(8)11-12-6(4)9/h4H,1-3H3,(H2,8,11)(H2,9,12). The average molecular weight is 182 g/mol. The molecule has 72 valence electrons. The Morgan fingerprint density at radius 2 is 2.15 bits per heavy atom. The molecule has 0 fully saturated rings. The summed E-state index contributed by atoms with van der Waals surface area (Å²) in [5.41, 5.74) is 7.69. The number of amidine groups is 2. The van der Waals surface area contributed by atoms with Crippen LogP contribution in [-0.2, 0) is 0 Å². The Bertz CT molecular complexity index is 271. The van der Waals surface area contributed by atoms with Crippen LogP contribution in [0.3, 0.4) is 0 Å². The van der Waals surface area contributed by atoms with Crippen LogP contribution in [-0.4, -0.2) is 23.3 Å². The number of nitrogens with zero attached hydrogens (tertiary/aromatic N) is 3. The molecule has 0 saturated carbocycles. The van der Waals surface area contributed by atoms with Gasteiger partial charge < -0.3 is 5.73 Å². The van der Waals surface area contributed by atoms with E-state index in [9.17, 15) is 0 Å². The van der Waals surface area contributed by atoms with E-state index in [-0.39, 0.29) is 17.2 Å². The lowest BCUT2D eigenvalue weighted by Crippen LogP contribution is -2.31. The maximum atomic E-state index is 7.38.